The molecule has 0 aliphatic carbocycles. The van der Waals surface area contributed by atoms with Gasteiger partial charge in [-0.3, -0.25) is 0 Å². The highest BCUT2D eigenvalue weighted by Gasteiger charge is 2.22. The second-order valence-corrected chi connectivity index (χ2v) is 6.00. The number of nitriles is 1. The monoisotopic (exact) mass is 272 g/mol. The van der Waals surface area contributed by atoms with Crippen molar-refractivity contribution in [1.29, 1.82) is 5.26 Å². The zero-order chi connectivity index (χ0) is 13.1. The van der Waals surface area contributed by atoms with Crippen LogP contribution in [0.2, 0.25) is 5.02 Å². The van der Waals surface area contributed by atoms with Gasteiger partial charge in [0.05, 0.1) is 16.7 Å². The lowest BCUT2D eigenvalue weighted by molar-refractivity contribution is 0.468. The molecule has 0 bridgehead atoms. The summed E-state index contributed by atoms with van der Waals surface area (Å²) >= 11 is 5.88. The first-order chi connectivity index (χ1) is 7.93. The highest BCUT2D eigenvalue weighted by Crippen LogP contribution is 2.25. The number of rotatable bonds is 4. The Morgan fingerprint density at radius 3 is 2.59 bits per heavy atom. The predicted molar refractivity (Wildman–Crippen MR) is 66.3 cm³/mol. The van der Waals surface area contributed by atoms with Crippen LogP contribution in [0.3, 0.4) is 0 Å². The SMILES string of the molecule is CCCN(C)S(=O)(=O)c1ccc(C#N)cc1Cl. The van der Waals surface area contributed by atoms with Gasteiger partial charge in [0.15, 0.2) is 0 Å². The van der Waals surface area contributed by atoms with Crippen molar-refractivity contribution < 1.29 is 8.42 Å². The molecule has 1 aromatic rings. The minimum atomic E-state index is -3.56. The molecule has 0 aliphatic rings. The summed E-state index contributed by atoms with van der Waals surface area (Å²) in [6.07, 6.45) is 0.726. The molecule has 0 heterocycles. The maximum atomic E-state index is 12.1. The molecule has 0 saturated heterocycles. The van der Waals surface area contributed by atoms with Crippen LogP contribution >= 0.6 is 11.6 Å². The topological polar surface area (TPSA) is 61.2 Å². The number of hydrogen-bond acceptors (Lipinski definition) is 3. The Hall–Kier alpha value is -1.09. The Balaban J connectivity index is 3.21. The van der Waals surface area contributed by atoms with Crippen molar-refractivity contribution in [1.82, 2.24) is 4.31 Å². The van der Waals surface area contributed by atoms with Gasteiger partial charge in [0, 0.05) is 13.6 Å². The number of hydrogen-bond donors (Lipinski definition) is 0. The van der Waals surface area contributed by atoms with Gasteiger partial charge in [0.25, 0.3) is 0 Å². The first-order valence-corrected chi connectivity index (χ1v) is 6.91. The molecule has 0 radical (unpaired) electrons. The van der Waals surface area contributed by atoms with Crippen LogP contribution in [0.25, 0.3) is 0 Å². The van der Waals surface area contributed by atoms with Crippen molar-refractivity contribution in [2.24, 2.45) is 0 Å². The molecular weight excluding hydrogens is 260 g/mol. The highest BCUT2D eigenvalue weighted by molar-refractivity contribution is 7.89. The molecule has 1 aromatic carbocycles. The van der Waals surface area contributed by atoms with E-state index in [0.717, 1.165) is 6.42 Å². The molecule has 0 N–H and O–H groups in total. The fourth-order valence-corrected chi connectivity index (χ4v) is 3.16. The Labute approximate surface area is 106 Å². The van der Waals surface area contributed by atoms with Crippen molar-refractivity contribution in [2.45, 2.75) is 18.2 Å². The van der Waals surface area contributed by atoms with Gasteiger partial charge < -0.3 is 0 Å². The molecule has 0 saturated carbocycles. The fourth-order valence-electron chi connectivity index (χ4n) is 1.38. The van der Waals surface area contributed by atoms with Crippen LogP contribution in [0.5, 0.6) is 0 Å². The summed E-state index contributed by atoms with van der Waals surface area (Å²) in [5.41, 5.74) is 0.340. The fraction of sp³-hybridized carbons (Fsp3) is 0.364. The van der Waals surface area contributed by atoms with Crippen molar-refractivity contribution in [2.75, 3.05) is 13.6 Å². The summed E-state index contributed by atoms with van der Waals surface area (Å²) in [4.78, 5) is 0.0362. The summed E-state index contributed by atoms with van der Waals surface area (Å²) in [7, 11) is -2.06. The van der Waals surface area contributed by atoms with Crippen molar-refractivity contribution >= 4 is 21.6 Å². The van der Waals surface area contributed by atoms with Gasteiger partial charge in [-0.2, -0.15) is 5.26 Å². The molecule has 0 aliphatic heterocycles. The van der Waals surface area contributed by atoms with Gasteiger partial charge in [-0.25, -0.2) is 12.7 Å². The third-order valence-corrected chi connectivity index (χ3v) is 4.63. The lowest BCUT2D eigenvalue weighted by Crippen LogP contribution is -2.27. The molecule has 0 spiro atoms. The first-order valence-electron chi connectivity index (χ1n) is 5.09. The van der Waals surface area contributed by atoms with E-state index >= 15 is 0 Å². The third kappa shape index (κ3) is 2.97. The molecule has 0 aromatic heterocycles. The molecule has 6 heteroatoms. The molecule has 92 valence electrons. The van der Waals surface area contributed by atoms with Crippen molar-refractivity contribution in [3.63, 3.8) is 0 Å². The molecule has 17 heavy (non-hydrogen) atoms. The minimum absolute atomic E-state index is 0.0362. The molecule has 4 nitrogen and oxygen atoms in total. The molecule has 0 atom stereocenters. The van der Waals surface area contributed by atoms with E-state index in [9.17, 15) is 8.42 Å². The van der Waals surface area contributed by atoms with E-state index in [2.05, 4.69) is 0 Å². The van der Waals surface area contributed by atoms with E-state index in [-0.39, 0.29) is 9.92 Å². The Kier molecular flexibility index (Phi) is 4.52. The Morgan fingerprint density at radius 2 is 2.12 bits per heavy atom. The molecular formula is C11H13ClN2O2S. The number of benzene rings is 1. The number of nitrogens with zero attached hydrogens (tertiary/aromatic N) is 2. The first kappa shape index (κ1) is 14.0. The van der Waals surface area contributed by atoms with E-state index in [1.807, 2.05) is 13.0 Å². The van der Waals surface area contributed by atoms with Crippen LogP contribution in [0.15, 0.2) is 23.1 Å². The standard InChI is InChI=1S/C11H13ClN2O2S/c1-3-6-14(2)17(15,16)11-5-4-9(8-13)7-10(11)12/h4-5,7H,3,6H2,1-2H3. The van der Waals surface area contributed by atoms with Crippen LogP contribution in [-0.4, -0.2) is 26.3 Å². The summed E-state index contributed by atoms with van der Waals surface area (Å²) in [5.74, 6) is 0. The molecule has 0 fully saturated rings. The zero-order valence-corrected chi connectivity index (χ0v) is 11.2. The van der Waals surface area contributed by atoms with Crippen LogP contribution in [0, 0.1) is 11.3 Å². The van der Waals surface area contributed by atoms with Crippen molar-refractivity contribution in [3.05, 3.63) is 28.8 Å². The molecule has 0 amide bonds. The van der Waals surface area contributed by atoms with E-state index in [4.69, 9.17) is 16.9 Å². The summed E-state index contributed by atoms with van der Waals surface area (Å²) in [6, 6.07) is 6.07. The average Bonchev–Trinajstić information content (AvgIpc) is 2.28. The second-order valence-electron chi connectivity index (χ2n) is 3.58. The lowest BCUT2D eigenvalue weighted by Gasteiger charge is -2.17. The number of sulfonamides is 1. The van der Waals surface area contributed by atoms with Crippen LogP contribution < -0.4 is 0 Å². The van der Waals surface area contributed by atoms with Crippen LogP contribution in [0.4, 0.5) is 0 Å². The van der Waals surface area contributed by atoms with Gasteiger partial charge in [0.2, 0.25) is 10.0 Å². The highest BCUT2D eigenvalue weighted by atomic mass is 35.5. The summed E-state index contributed by atoms with van der Waals surface area (Å²) < 4.78 is 25.5. The normalized spacial score (nSPS) is 11.5. The summed E-state index contributed by atoms with van der Waals surface area (Å²) in [5, 5.41) is 8.76. The van der Waals surface area contributed by atoms with Crippen LogP contribution in [0.1, 0.15) is 18.9 Å². The lowest BCUT2D eigenvalue weighted by atomic mass is 10.2. The van der Waals surface area contributed by atoms with Gasteiger partial charge in [-0.05, 0) is 24.6 Å². The minimum Gasteiger partial charge on any atom is -0.207 e. The molecule has 1 rings (SSSR count). The van der Waals surface area contributed by atoms with Gasteiger partial charge >= 0.3 is 0 Å². The van der Waals surface area contributed by atoms with E-state index in [1.54, 1.807) is 0 Å². The maximum absolute atomic E-state index is 12.1. The van der Waals surface area contributed by atoms with Gasteiger partial charge in [-0.1, -0.05) is 18.5 Å². The van der Waals surface area contributed by atoms with Crippen molar-refractivity contribution in [3.8, 4) is 6.07 Å². The quantitative estimate of drug-likeness (QED) is 0.844. The molecule has 0 unspecified atom stereocenters. The summed E-state index contributed by atoms with van der Waals surface area (Å²) in [6.45, 7) is 2.32. The van der Waals surface area contributed by atoms with Crippen LogP contribution in [-0.2, 0) is 10.0 Å². The largest absolute Gasteiger partial charge is 0.244 e. The predicted octanol–water partition coefficient (Wildman–Crippen LogP) is 2.24. The van der Waals surface area contributed by atoms with Gasteiger partial charge in [-0.15, -0.1) is 0 Å². The smallest absolute Gasteiger partial charge is 0.207 e. The second kappa shape index (κ2) is 5.50. The third-order valence-electron chi connectivity index (χ3n) is 2.29. The van der Waals surface area contributed by atoms with E-state index < -0.39 is 10.0 Å². The zero-order valence-electron chi connectivity index (χ0n) is 9.64. The Bertz CT molecular complexity index is 549. The number of halogens is 1. The van der Waals surface area contributed by atoms with E-state index in [0.29, 0.717) is 12.1 Å². The average molecular weight is 273 g/mol. The van der Waals surface area contributed by atoms with Gasteiger partial charge in [0.1, 0.15) is 4.90 Å². The maximum Gasteiger partial charge on any atom is 0.244 e. The Morgan fingerprint density at radius 1 is 1.47 bits per heavy atom. The van der Waals surface area contributed by atoms with E-state index in [1.165, 1.54) is 29.6 Å².